The monoisotopic (exact) mass is 283 g/mol. The van der Waals surface area contributed by atoms with Crippen LogP contribution in [0.1, 0.15) is 44.7 Å². The molecule has 0 saturated carbocycles. The molecule has 1 atom stereocenters. The second-order valence-corrected chi connectivity index (χ2v) is 6.32. The molecule has 1 amide bonds. The molecule has 1 aromatic rings. The molecule has 0 bridgehead atoms. The summed E-state index contributed by atoms with van der Waals surface area (Å²) in [4.78, 5) is 11.7. The van der Waals surface area contributed by atoms with Crippen LogP contribution in [0.25, 0.3) is 0 Å². The number of hydrogen-bond acceptors (Lipinski definition) is 5. The van der Waals surface area contributed by atoms with Crippen LogP contribution in [-0.4, -0.2) is 29.9 Å². The van der Waals surface area contributed by atoms with Crippen molar-refractivity contribution in [2.75, 3.05) is 13.1 Å². The Balaban J connectivity index is 2.79. The molecule has 1 aromatic heterocycles. The molecule has 0 aliphatic heterocycles. The average molecular weight is 283 g/mol. The molecule has 1 unspecified atom stereocenters. The van der Waals surface area contributed by atoms with Gasteiger partial charge in [-0.2, -0.15) is 0 Å². The van der Waals surface area contributed by atoms with E-state index in [0.29, 0.717) is 13.1 Å². The fourth-order valence-electron chi connectivity index (χ4n) is 2.19. The summed E-state index contributed by atoms with van der Waals surface area (Å²) in [5.74, 6) is 0.724. The molecule has 0 radical (unpaired) electrons. The van der Waals surface area contributed by atoms with E-state index in [9.17, 15) is 4.79 Å². The van der Waals surface area contributed by atoms with Gasteiger partial charge in [-0.05, 0) is 34.6 Å². The van der Waals surface area contributed by atoms with Gasteiger partial charge in [0.25, 0.3) is 0 Å². The number of ether oxygens (including phenoxy) is 1. The number of nitrogens with one attached hydrogen (secondary N) is 1. The minimum atomic E-state index is -0.522. The van der Waals surface area contributed by atoms with Gasteiger partial charge in [0.1, 0.15) is 11.4 Å². The molecule has 1 rings (SSSR count). The number of nitrogens with zero attached hydrogens (tertiary/aromatic N) is 1. The van der Waals surface area contributed by atoms with Crippen molar-refractivity contribution in [2.24, 2.45) is 5.73 Å². The fourth-order valence-corrected chi connectivity index (χ4v) is 2.19. The number of hydrogen-bond donors (Lipinski definition) is 2. The Hall–Kier alpha value is -1.56. The largest absolute Gasteiger partial charge is 0.444 e. The van der Waals surface area contributed by atoms with Crippen molar-refractivity contribution in [2.45, 2.75) is 52.6 Å². The zero-order valence-electron chi connectivity index (χ0n) is 13.2. The summed E-state index contributed by atoms with van der Waals surface area (Å²) in [6.07, 6.45) is -0.455. The van der Waals surface area contributed by atoms with Crippen LogP contribution in [0.2, 0.25) is 0 Å². The minimum absolute atomic E-state index is 0.362. The smallest absolute Gasteiger partial charge is 0.407 e. The van der Waals surface area contributed by atoms with Crippen molar-refractivity contribution < 1.29 is 14.1 Å². The van der Waals surface area contributed by atoms with Crippen LogP contribution in [0.15, 0.2) is 4.52 Å². The van der Waals surface area contributed by atoms with Gasteiger partial charge in [0.15, 0.2) is 0 Å². The first-order chi connectivity index (χ1) is 9.09. The first-order valence-corrected chi connectivity index (χ1v) is 6.69. The van der Waals surface area contributed by atoms with Crippen LogP contribution >= 0.6 is 0 Å². The van der Waals surface area contributed by atoms with Gasteiger partial charge in [0, 0.05) is 24.1 Å². The molecule has 1 heterocycles. The van der Waals surface area contributed by atoms with E-state index in [4.69, 9.17) is 15.0 Å². The Morgan fingerprint density at radius 1 is 1.35 bits per heavy atom. The van der Waals surface area contributed by atoms with Crippen molar-refractivity contribution in [1.82, 2.24) is 10.5 Å². The highest BCUT2D eigenvalue weighted by Crippen LogP contribution is 2.28. The lowest BCUT2D eigenvalue weighted by Crippen LogP contribution is -2.45. The summed E-state index contributed by atoms with van der Waals surface area (Å²) in [6.45, 7) is 11.9. The van der Waals surface area contributed by atoms with Gasteiger partial charge in [-0.3, -0.25) is 0 Å². The molecule has 20 heavy (non-hydrogen) atoms. The number of alkyl carbamates (subject to hydrolysis) is 1. The molecule has 0 aliphatic rings. The maximum atomic E-state index is 11.7. The van der Waals surface area contributed by atoms with E-state index in [2.05, 4.69) is 10.5 Å². The lowest BCUT2D eigenvalue weighted by molar-refractivity contribution is 0.0516. The van der Waals surface area contributed by atoms with Crippen molar-refractivity contribution in [3.63, 3.8) is 0 Å². The number of aromatic nitrogens is 1. The van der Waals surface area contributed by atoms with Gasteiger partial charge < -0.3 is 20.3 Å². The second-order valence-electron chi connectivity index (χ2n) is 6.32. The third-order valence-corrected chi connectivity index (χ3v) is 3.11. The van der Waals surface area contributed by atoms with E-state index in [1.807, 2.05) is 41.5 Å². The third-order valence-electron chi connectivity index (χ3n) is 3.11. The van der Waals surface area contributed by atoms with Crippen LogP contribution in [0.3, 0.4) is 0 Å². The summed E-state index contributed by atoms with van der Waals surface area (Å²) in [5, 5.41) is 6.71. The van der Waals surface area contributed by atoms with Gasteiger partial charge >= 0.3 is 6.09 Å². The second kappa shape index (κ2) is 5.83. The van der Waals surface area contributed by atoms with Crippen LogP contribution in [-0.2, 0) is 10.2 Å². The van der Waals surface area contributed by atoms with Gasteiger partial charge in [0.05, 0.1) is 5.69 Å². The summed E-state index contributed by atoms with van der Waals surface area (Å²) < 4.78 is 10.4. The van der Waals surface area contributed by atoms with E-state index < -0.39 is 17.1 Å². The molecule has 0 aliphatic carbocycles. The predicted octanol–water partition coefficient (Wildman–Crippen LogP) is 2.03. The predicted molar refractivity (Wildman–Crippen MR) is 76.6 cm³/mol. The average Bonchev–Trinajstić information content (AvgIpc) is 2.64. The Kier molecular flexibility index (Phi) is 4.81. The van der Waals surface area contributed by atoms with E-state index in [0.717, 1.165) is 17.0 Å². The minimum Gasteiger partial charge on any atom is -0.444 e. The number of rotatable bonds is 4. The highest BCUT2D eigenvalue weighted by Gasteiger charge is 2.32. The van der Waals surface area contributed by atoms with E-state index in [1.165, 1.54) is 0 Å². The van der Waals surface area contributed by atoms with E-state index in [-0.39, 0.29) is 0 Å². The fraction of sp³-hybridized carbons (Fsp3) is 0.714. The number of carbonyl (C=O) groups is 1. The normalized spacial score (nSPS) is 14.8. The quantitative estimate of drug-likeness (QED) is 0.882. The zero-order valence-corrected chi connectivity index (χ0v) is 13.2. The van der Waals surface area contributed by atoms with E-state index >= 15 is 0 Å². The molecule has 6 heteroatoms. The highest BCUT2D eigenvalue weighted by atomic mass is 16.6. The Bertz CT molecular complexity index is 457. The molecule has 0 spiro atoms. The Labute approximate surface area is 120 Å². The van der Waals surface area contributed by atoms with Gasteiger partial charge in [-0.1, -0.05) is 12.1 Å². The SMILES string of the molecule is Cc1noc(C)c1C(C)(CN)CNC(=O)OC(C)(C)C. The molecule has 0 aromatic carbocycles. The van der Waals surface area contributed by atoms with Crippen LogP contribution in [0, 0.1) is 13.8 Å². The number of amides is 1. The lowest BCUT2D eigenvalue weighted by Gasteiger charge is -2.29. The number of carbonyl (C=O) groups excluding carboxylic acids is 1. The standard InChI is InChI=1S/C14H25N3O3/c1-9-11(10(2)20-17-9)14(6,7-15)8-16-12(18)19-13(3,4)5/h7-8,15H2,1-6H3,(H,16,18). The summed E-state index contributed by atoms with van der Waals surface area (Å²) >= 11 is 0. The number of aryl methyl sites for hydroxylation is 2. The van der Waals surface area contributed by atoms with Crippen molar-refractivity contribution >= 4 is 6.09 Å². The summed E-state index contributed by atoms with van der Waals surface area (Å²) in [5.41, 5.74) is 6.66. The number of nitrogens with two attached hydrogens (primary N) is 1. The van der Waals surface area contributed by atoms with Crippen LogP contribution < -0.4 is 11.1 Å². The molecular weight excluding hydrogens is 258 g/mol. The van der Waals surface area contributed by atoms with Crippen molar-refractivity contribution in [3.05, 3.63) is 17.0 Å². The van der Waals surface area contributed by atoms with Crippen LogP contribution in [0.5, 0.6) is 0 Å². The molecule has 3 N–H and O–H groups in total. The Morgan fingerprint density at radius 3 is 2.35 bits per heavy atom. The lowest BCUT2D eigenvalue weighted by atomic mass is 9.81. The van der Waals surface area contributed by atoms with Gasteiger partial charge in [-0.25, -0.2) is 4.79 Å². The molecular formula is C14H25N3O3. The molecule has 114 valence electrons. The molecule has 6 nitrogen and oxygen atoms in total. The highest BCUT2D eigenvalue weighted by molar-refractivity contribution is 5.67. The molecule has 0 saturated heterocycles. The van der Waals surface area contributed by atoms with Crippen LogP contribution in [0.4, 0.5) is 4.79 Å². The van der Waals surface area contributed by atoms with E-state index in [1.54, 1.807) is 0 Å². The van der Waals surface area contributed by atoms with Gasteiger partial charge in [0.2, 0.25) is 0 Å². The Morgan fingerprint density at radius 2 is 1.95 bits per heavy atom. The maximum Gasteiger partial charge on any atom is 0.407 e. The third kappa shape index (κ3) is 3.96. The van der Waals surface area contributed by atoms with Gasteiger partial charge in [-0.15, -0.1) is 0 Å². The summed E-state index contributed by atoms with van der Waals surface area (Å²) in [6, 6.07) is 0. The topological polar surface area (TPSA) is 90.4 Å². The maximum absolute atomic E-state index is 11.7. The summed E-state index contributed by atoms with van der Waals surface area (Å²) in [7, 11) is 0. The van der Waals surface area contributed by atoms with Crippen molar-refractivity contribution in [3.8, 4) is 0 Å². The zero-order chi connectivity index (χ0) is 15.6. The molecule has 0 fully saturated rings. The van der Waals surface area contributed by atoms with Crippen molar-refractivity contribution in [1.29, 1.82) is 0 Å². The first-order valence-electron chi connectivity index (χ1n) is 6.69. The first kappa shape index (κ1) is 16.5.